The van der Waals surface area contributed by atoms with Gasteiger partial charge in [0.1, 0.15) is 0 Å². The van der Waals surface area contributed by atoms with E-state index < -0.39 is 4.92 Å². The maximum atomic E-state index is 10.7. The van der Waals surface area contributed by atoms with Crippen LogP contribution in [0.3, 0.4) is 0 Å². The Morgan fingerprint density at radius 2 is 1.67 bits per heavy atom. The van der Waals surface area contributed by atoms with Crippen molar-refractivity contribution in [2.45, 2.75) is 13.8 Å². The van der Waals surface area contributed by atoms with Crippen LogP contribution in [-0.4, -0.2) is 4.92 Å². The molecule has 92 valence electrons. The number of rotatable bonds is 3. The Kier molecular flexibility index (Phi) is 3.28. The summed E-state index contributed by atoms with van der Waals surface area (Å²) in [6, 6.07) is 12.5. The summed E-state index contributed by atoms with van der Waals surface area (Å²) in [6.07, 6.45) is 0. The van der Waals surface area contributed by atoms with E-state index in [1.165, 1.54) is 12.1 Å². The first-order chi connectivity index (χ1) is 8.58. The number of benzene rings is 2. The summed E-state index contributed by atoms with van der Waals surface area (Å²) < 4.78 is 0. The largest absolute Gasteiger partial charge is 0.355 e. The molecule has 18 heavy (non-hydrogen) atoms. The van der Waals surface area contributed by atoms with Gasteiger partial charge in [-0.15, -0.1) is 0 Å². The van der Waals surface area contributed by atoms with E-state index >= 15 is 0 Å². The standard InChI is InChI=1S/C14H14N2O2/c1-10-5-3-6-11(2)14(10)15-12-7-4-8-13(9-12)16(17)18/h3-9,15H,1-2H3. The Morgan fingerprint density at radius 1 is 1.06 bits per heavy atom. The highest BCUT2D eigenvalue weighted by atomic mass is 16.6. The molecular formula is C14H14N2O2. The van der Waals surface area contributed by atoms with Crippen molar-refractivity contribution in [2.75, 3.05) is 5.32 Å². The molecule has 0 saturated carbocycles. The van der Waals surface area contributed by atoms with Gasteiger partial charge in [0.2, 0.25) is 0 Å². The van der Waals surface area contributed by atoms with Gasteiger partial charge in [0.15, 0.2) is 0 Å². The molecule has 0 heterocycles. The summed E-state index contributed by atoms with van der Waals surface area (Å²) in [5, 5.41) is 13.9. The topological polar surface area (TPSA) is 55.2 Å². The van der Waals surface area contributed by atoms with Crippen molar-refractivity contribution in [1.82, 2.24) is 0 Å². The minimum absolute atomic E-state index is 0.0891. The molecule has 0 bridgehead atoms. The number of anilines is 2. The third-order valence-electron chi connectivity index (χ3n) is 2.81. The van der Waals surface area contributed by atoms with E-state index in [4.69, 9.17) is 0 Å². The van der Waals surface area contributed by atoms with E-state index in [-0.39, 0.29) is 5.69 Å². The lowest BCUT2D eigenvalue weighted by Gasteiger charge is -2.12. The van der Waals surface area contributed by atoms with Crippen LogP contribution >= 0.6 is 0 Å². The van der Waals surface area contributed by atoms with E-state index in [1.807, 2.05) is 38.1 Å². The first-order valence-electron chi connectivity index (χ1n) is 5.65. The summed E-state index contributed by atoms with van der Waals surface area (Å²) in [5.74, 6) is 0. The highest BCUT2D eigenvalue weighted by molar-refractivity contribution is 5.67. The maximum absolute atomic E-state index is 10.7. The van der Waals surface area contributed by atoms with E-state index in [1.54, 1.807) is 6.07 Å². The number of nitro benzene ring substituents is 1. The number of nitrogens with one attached hydrogen (secondary N) is 1. The number of nitro groups is 1. The highest BCUT2D eigenvalue weighted by Gasteiger charge is 2.07. The van der Waals surface area contributed by atoms with Crippen molar-refractivity contribution in [2.24, 2.45) is 0 Å². The summed E-state index contributed by atoms with van der Waals surface area (Å²) in [6.45, 7) is 4.01. The van der Waals surface area contributed by atoms with Crippen LogP contribution in [-0.2, 0) is 0 Å². The minimum atomic E-state index is -0.393. The van der Waals surface area contributed by atoms with Crippen LogP contribution in [0.4, 0.5) is 17.1 Å². The second kappa shape index (κ2) is 4.87. The Labute approximate surface area is 105 Å². The lowest BCUT2D eigenvalue weighted by atomic mass is 10.1. The molecule has 0 spiro atoms. The van der Waals surface area contributed by atoms with Crippen LogP contribution in [0.2, 0.25) is 0 Å². The van der Waals surface area contributed by atoms with Crippen LogP contribution in [0.1, 0.15) is 11.1 Å². The second-order valence-electron chi connectivity index (χ2n) is 4.20. The second-order valence-corrected chi connectivity index (χ2v) is 4.20. The molecule has 0 saturated heterocycles. The fourth-order valence-electron chi connectivity index (χ4n) is 1.85. The molecule has 4 heteroatoms. The van der Waals surface area contributed by atoms with Gasteiger partial charge in [-0.1, -0.05) is 24.3 Å². The predicted molar refractivity (Wildman–Crippen MR) is 72.3 cm³/mol. The molecule has 2 aromatic carbocycles. The fraction of sp³-hybridized carbons (Fsp3) is 0.143. The molecule has 0 aliphatic rings. The van der Waals surface area contributed by atoms with E-state index in [9.17, 15) is 10.1 Å². The van der Waals surface area contributed by atoms with E-state index in [0.29, 0.717) is 0 Å². The van der Waals surface area contributed by atoms with Crippen molar-refractivity contribution in [3.05, 3.63) is 63.7 Å². The normalized spacial score (nSPS) is 10.1. The van der Waals surface area contributed by atoms with Gasteiger partial charge in [0.25, 0.3) is 5.69 Å². The lowest BCUT2D eigenvalue weighted by Crippen LogP contribution is -1.96. The molecule has 0 amide bonds. The van der Waals surface area contributed by atoms with Crippen molar-refractivity contribution >= 4 is 17.1 Å². The van der Waals surface area contributed by atoms with Crippen molar-refractivity contribution in [3.8, 4) is 0 Å². The lowest BCUT2D eigenvalue weighted by molar-refractivity contribution is -0.384. The molecule has 0 unspecified atom stereocenters. The van der Waals surface area contributed by atoms with Gasteiger partial charge < -0.3 is 5.32 Å². The number of non-ortho nitro benzene ring substituents is 1. The van der Waals surface area contributed by atoms with Crippen LogP contribution < -0.4 is 5.32 Å². The quantitative estimate of drug-likeness (QED) is 0.654. The number of aryl methyl sites for hydroxylation is 2. The zero-order valence-electron chi connectivity index (χ0n) is 10.3. The Balaban J connectivity index is 2.34. The Morgan fingerprint density at radius 3 is 2.28 bits per heavy atom. The molecule has 0 aliphatic carbocycles. The zero-order valence-corrected chi connectivity index (χ0v) is 10.3. The van der Waals surface area contributed by atoms with Crippen LogP contribution in [0.15, 0.2) is 42.5 Å². The third-order valence-corrected chi connectivity index (χ3v) is 2.81. The van der Waals surface area contributed by atoms with Crippen molar-refractivity contribution < 1.29 is 4.92 Å². The number of nitrogens with zero attached hydrogens (tertiary/aromatic N) is 1. The Bertz CT molecular complexity index is 574. The average Bonchev–Trinajstić information content (AvgIpc) is 2.34. The van der Waals surface area contributed by atoms with Gasteiger partial charge in [-0.25, -0.2) is 0 Å². The van der Waals surface area contributed by atoms with E-state index in [0.717, 1.165) is 22.5 Å². The fourth-order valence-corrected chi connectivity index (χ4v) is 1.85. The number of para-hydroxylation sites is 1. The smallest absolute Gasteiger partial charge is 0.271 e. The number of hydrogen-bond donors (Lipinski definition) is 1. The summed E-state index contributed by atoms with van der Waals surface area (Å²) in [5.41, 5.74) is 4.04. The molecule has 0 fully saturated rings. The molecule has 0 aliphatic heterocycles. The zero-order chi connectivity index (χ0) is 13.1. The van der Waals surface area contributed by atoms with Crippen molar-refractivity contribution in [3.63, 3.8) is 0 Å². The molecule has 0 atom stereocenters. The van der Waals surface area contributed by atoms with Gasteiger partial charge >= 0.3 is 0 Å². The molecule has 0 aromatic heterocycles. The van der Waals surface area contributed by atoms with Gasteiger partial charge in [-0.3, -0.25) is 10.1 Å². The molecule has 4 nitrogen and oxygen atoms in total. The monoisotopic (exact) mass is 242 g/mol. The molecule has 2 rings (SSSR count). The maximum Gasteiger partial charge on any atom is 0.271 e. The van der Waals surface area contributed by atoms with Crippen LogP contribution in [0, 0.1) is 24.0 Å². The highest BCUT2D eigenvalue weighted by Crippen LogP contribution is 2.26. The van der Waals surface area contributed by atoms with Gasteiger partial charge in [0.05, 0.1) is 4.92 Å². The van der Waals surface area contributed by atoms with Crippen LogP contribution in [0.25, 0.3) is 0 Å². The summed E-state index contributed by atoms with van der Waals surface area (Å²) >= 11 is 0. The third kappa shape index (κ3) is 2.48. The Hall–Kier alpha value is -2.36. The molecule has 2 aromatic rings. The SMILES string of the molecule is Cc1cccc(C)c1Nc1cccc([N+](=O)[O-])c1. The van der Waals surface area contributed by atoms with Crippen molar-refractivity contribution in [1.29, 1.82) is 0 Å². The predicted octanol–water partition coefficient (Wildman–Crippen LogP) is 3.96. The van der Waals surface area contributed by atoms with Gasteiger partial charge in [-0.05, 0) is 31.0 Å². The molecule has 1 N–H and O–H groups in total. The van der Waals surface area contributed by atoms with Gasteiger partial charge in [0, 0.05) is 23.5 Å². The first-order valence-corrected chi connectivity index (χ1v) is 5.65. The van der Waals surface area contributed by atoms with Crippen LogP contribution in [0.5, 0.6) is 0 Å². The van der Waals surface area contributed by atoms with E-state index in [2.05, 4.69) is 5.32 Å². The first kappa shape index (κ1) is 12.1. The van der Waals surface area contributed by atoms with Gasteiger partial charge in [-0.2, -0.15) is 0 Å². The average molecular weight is 242 g/mol. The number of hydrogen-bond acceptors (Lipinski definition) is 3. The molecule has 0 radical (unpaired) electrons. The molecular weight excluding hydrogens is 228 g/mol. The minimum Gasteiger partial charge on any atom is -0.355 e. The summed E-state index contributed by atoms with van der Waals surface area (Å²) in [4.78, 5) is 10.3. The summed E-state index contributed by atoms with van der Waals surface area (Å²) in [7, 11) is 0.